The number of benzene rings is 3. The zero-order valence-corrected chi connectivity index (χ0v) is 18.7. The lowest BCUT2D eigenvalue weighted by molar-refractivity contribution is 0.102. The van der Waals surface area contributed by atoms with E-state index in [4.69, 9.17) is 16.6 Å². The Morgan fingerprint density at radius 3 is 2.48 bits per heavy atom. The number of aromatic nitrogens is 1. The van der Waals surface area contributed by atoms with Crippen LogP contribution in [0.1, 0.15) is 47.7 Å². The van der Waals surface area contributed by atoms with Crippen LogP contribution in [-0.2, 0) is 0 Å². The number of anilines is 1. The smallest absolute Gasteiger partial charge is 0.256 e. The van der Waals surface area contributed by atoms with Crippen LogP contribution in [-0.4, -0.2) is 10.9 Å². The van der Waals surface area contributed by atoms with Crippen molar-refractivity contribution >= 4 is 34.1 Å². The molecule has 156 valence electrons. The van der Waals surface area contributed by atoms with Crippen molar-refractivity contribution in [2.75, 3.05) is 5.32 Å². The first kappa shape index (κ1) is 21.1. The average molecular weight is 429 g/mol. The van der Waals surface area contributed by atoms with Crippen molar-refractivity contribution < 1.29 is 4.79 Å². The quantitative estimate of drug-likeness (QED) is 0.355. The fourth-order valence-electron chi connectivity index (χ4n) is 3.84. The molecular formula is C27H25ClN2O. The lowest BCUT2D eigenvalue weighted by Crippen LogP contribution is -2.15. The van der Waals surface area contributed by atoms with Crippen molar-refractivity contribution in [3.8, 4) is 11.3 Å². The zero-order valence-electron chi connectivity index (χ0n) is 17.9. The van der Waals surface area contributed by atoms with Gasteiger partial charge in [0.25, 0.3) is 5.91 Å². The third-order valence-corrected chi connectivity index (χ3v) is 6.05. The highest BCUT2D eigenvalue weighted by Gasteiger charge is 2.19. The summed E-state index contributed by atoms with van der Waals surface area (Å²) in [6.07, 6.45) is 1.08. The molecular weight excluding hydrogens is 404 g/mol. The van der Waals surface area contributed by atoms with E-state index in [1.807, 2.05) is 67.6 Å². The van der Waals surface area contributed by atoms with E-state index in [-0.39, 0.29) is 5.91 Å². The second kappa shape index (κ2) is 8.91. The molecule has 0 saturated heterocycles. The minimum atomic E-state index is -0.143. The van der Waals surface area contributed by atoms with Gasteiger partial charge in [-0.15, -0.1) is 0 Å². The Kier molecular flexibility index (Phi) is 6.06. The maximum atomic E-state index is 13.4. The summed E-state index contributed by atoms with van der Waals surface area (Å²) in [6, 6.07) is 23.4. The van der Waals surface area contributed by atoms with E-state index in [1.165, 1.54) is 5.56 Å². The molecule has 1 N–H and O–H groups in total. The molecule has 31 heavy (non-hydrogen) atoms. The molecule has 1 aromatic heterocycles. The average Bonchev–Trinajstić information content (AvgIpc) is 2.78. The van der Waals surface area contributed by atoms with E-state index in [0.29, 0.717) is 16.5 Å². The molecule has 4 rings (SSSR count). The van der Waals surface area contributed by atoms with Gasteiger partial charge >= 0.3 is 0 Å². The zero-order chi connectivity index (χ0) is 22.0. The van der Waals surface area contributed by atoms with Gasteiger partial charge in [-0.1, -0.05) is 67.9 Å². The van der Waals surface area contributed by atoms with Gasteiger partial charge in [-0.05, 0) is 60.7 Å². The first-order chi connectivity index (χ1) is 15.0. The molecule has 0 aliphatic heterocycles. The third-order valence-electron chi connectivity index (χ3n) is 5.81. The van der Waals surface area contributed by atoms with Crippen LogP contribution in [0.2, 0.25) is 5.02 Å². The summed E-state index contributed by atoms with van der Waals surface area (Å²) in [7, 11) is 0. The summed E-state index contributed by atoms with van der Waals surface area (Å²) in [6.45, 7) is 6.32. The lowest BCUT2D eigenvalue weighted by atomic mass is 9.96. The Balaban J connectivity index is 1.77. The van der Waals surface area contributed by atoms with Gasteiger partial charge in [0.15, 0.2) is 0 Å². The molecule has 0 unspecified atom stereocenters. The van der Waals surface area contributed by atoms with Gasteiger partial charge in [-0.2, -0.15) is 0 Å². The fraction of sp³-hybridized carbons (Fsp3) is 0.185. The second-order valence-electron chi connectivity index (χ2n) is 7.87. The predicted octanol–water partition coefficient (Wildman–Crippen LogP) is 7.63. The second-order valence-corrected chi connectivity index (χ2v) is 8.31. The SMILES string of the molecule is CC[C@@H](C)c1ccc(NC(=O)c2c(C)c(-c3cccc(Cl)c3)nc3ccccc23)cc1. The Morgan fingerprint density at radius 2 is 1.77 bits per heavy atom. The number of rotatable bonds is 5. The number of carbonyl (C=O) groups is 1. The standard InChI is InChI=1S/C27H25ClN2O/c1-4-17(2)19-12-14-22(15-13-19)29-27(31)25-18(3)26(20-8-7-9-21(28)16-20)30-24-11-6-5-10-23(24)25/h5-17H,4H2,1-3H3,(H,29,31)/t17-/m1/s1. The molecule has 4 heteroatoms. The van der Waals surface area contributed by atoms with Gasteiger partial charge < -0.3 is 5.32 Å². The Bertz CT molecular complexity index is 1250. The highest BCUT2D eigenvalue weighted by molar-refractivity contribution is 6.30. The van der Waals surface area contributed by atoms with E-state index >= 15 is 0 Å². The first-order valence-electron chi connectivity index (χ1n) is 10.5. The molecule has 3 nitrogen and oxygen atoms in total. The van der Waals surface area contributed by atoms with E-state index in [0.717, 1.165) is 39.8 Å². The maximum absolute atomic E-state index is 13.4. The Morgan fingerprint density at radius 1 is 1.03 bits per heavy atom. The molecule has 0 aliphatic rings. The van der Waals surface area contributed by atoms with Crippen molar-refractivity contribution in [3.63, 3.8) is 0 Å². The number of para-hydroxylation sites is 1. The van der Waals surface area contributed by atoms with Crippen LogP contribution in [0.4, 0.5) is 5.69 Å². The van der Waals surface area contributed by atoms with Crippen LogP contribution >= 0.6 is 11.6 Å². The maximum Gasteiger partial charge on any atom is 0.256 e. The predicted molar refractivity (Wildman–Crippen MR) is 130 cm³/mol. The normalized spacial score (nSPS) is 12.0. The number of halogens is 1. The van der Waals surface area contributed by atoms with Gasteiger partial charge in [-0.3, -0.25) is 4.79 Å². The fourth-order valence-corrected chi connectivity index (χ4v) is 4.03. The van der Waals surface area contributed by atoms with Gasteiger partial charge in [0.1, 0.15) is 0 Å². The molecule has 1 amide bonds. The van der Waals surface area contributed by atoms with Gasteiger partial charge in [0, 0.05) is 21.7 Å². The molecule has 0 radical (unpaired) electrons. The number of carbonyl (C=O) groups excluding carboxylic acids is 1. The number of hydrogen-bond donors (Lipinski definition) is 1. The minimum Gasteiger partial charge on any atom is -0.322 e. The van der Waals surface area contributed by atoms with Crippen molar-refractivity contribution in [1.82, 2.24) is 4.98 Å². The molecule has 1 atom stereocenters. The van der Waals surface area contributed by atoms with Gasteiger partial charge in [0.2, 0.25) is 0 Å². The van der Waals surface area contributed by atoms with Crippen LogP contribution in [0, 0.1) is 6.92 Å². The van der Waals surface area contributed by atoms with Crippen LogP contribution in [0.5, 0.6) is 0 Å². The molecule has 0 spiro atoms. The van der Waals surface area contributed by atoms with Crippen molar-refractivity contribution in [2.24, 2.45) is 0 Å². The summed E-state index contributed by atoms with van der Waals surface area (Å²) in [5, 5.41) is 4.54. The Hall–Kier alpha value is -3.17. The summed E-state index contributed by atoms with van der Waals surface area (Å²) in [5.41, 5.74) is 5.94. The monoisotopic (exact) mass is 428 g/mol. The molecule has 0 saturated carbocycles. The van der Waals surface area contributed by atoms with Gasteiger partial charge in [-0.25, -0.2) is 4.98 Å². The summed E-state index contributed by atoms with van der Waals surface area (Å²) in [5.74, 6) is 0.354. The van der Waals surface area contributed by atoms with Crippen LogP contribution in [0.25, 0.3) is 22.2 Å². The van der Waals surface area contributed by atoms with E-state index in [1.54, 1.807) is 0 Å². The van der Waals surface area contributed by atoms with Crippen molar-refractivity contribution in [1.29, 1.82) is 0 Å². The first-order valence-corrected chi connectivity index (χ1v) is 10.9. The van der Waals surface area contributed by atoms with Crippen molar-refractivity contribution in [3.05, 3.63) is 94.5 Å². The lowest BCUT2D eigenvalue weighted by Gasteiger charge is -2.15. The molecule has 1 heterocycles. The van der Waals surface area contributed by atoms with Crippen molar-refractivity contribution in [2.45, 2.75) is 33.1 Å². The molecule has 3 aromatic carbocycles. The number of nitrogens with one attached hydrogen (secondary N) is 1. The highest BCUT2D eigenvalue weighted by Crippen LogP contribution is 2.31. The van der Waals surface area contributed by atoms with Crippen LogP contribution in [0.15, 0.2) is 72.8 Å². The number of fused-ring (bicyclic) bond motifs is 1. The molecule has 0 bridgehead atoms. The topological polar surface area (TPSA) is 42.0 Å². The summed E-state index contributed by atoms with van der Waals surface area (Å²) >= 11 is 6.21. The summed E-state index contributed by atoms with van der Waals surface area (Å²) < 4.78 is 0. The number of nitrogens with zero attached hydrogens (tertiary/aromatic N) is 1. The molecule has 0 fully saturated rings. The van der Waals surface area contributed by atoms with E-state index < -0.39 is 0 Å². The minimum absolute atomic E-state index is 0.143. The number of amides is 1. The Labute approximate surface area is 188 Å². The number of hydrogen-bond acceptors (Lipinski definition) is 2. The molecule has 0 aliphatic carbocycles. The van der Waals surface area contributed by atoms with E-state index in [9.17, 15) is 4.79 Å². The third kappa shape index (κ3) is 4.33. The summed E-state index contributed by atoms with van der Waals surface area (Å²) in [4.78, 5) is 18.2. The molecule has 4 aromatic rings. The number of pyridine rings is 1. The van der Waals surface area contributed by atoms with Crippen LogP contribution in [0.3, 0.4) is 0 Å². The van der Waals surface area contributed by atoms with E-state index in [2.05, 4.69) is 31.3 Å². The van der Waals surface area contributed by atoms with Gasteiger partial charge in [0.05, 0.1) is 16.8 Å². The highest BCUT2D eigenvalue weighted by atomic mass is 35.5. The largest absolute Gasteiger partial charge is 0.322 e. The van der Waals surface area contributed by atoms with Crippen LogP contribution < -0.4 is 5.32 Å².